The van der Waals surface area contributed by atoms with Gasteiger partial charge in [-0.25, -0.2) is 4.21 Å². The maximum atomic E-state index is 11.1. The SMILES string of the molecule is CCOS(=O)c1ccccc1.[KH]. The molecule has 0 heterocycles. The second-order valence-corrected chi connectivity index (χ2v) is 3.13. The first kappa shape index (κ1) is 13.0. The Morgan fingerprint density at radius 1 is 1.33 bits per heavy atom. The van der Waals surface area contributed by atoms with Crippen molar-refractivity contribution < 1.29 is 8.39 Å². The average Bonchev–Trinajstić information content (AvgIpc) is 2.07. The van der Waals surface area contributed by atoms with Crippen LogP contribution in [0.4, 0.5) is 0 Å². The van der Waals surface area contributed by atoms with Crippen molar-refractivity contribution >= 4 is 62.5 Å². The van der Waals surface area contributed by atoms with E-state index < -0.39 is 11.1 Å². The van der Waals surface area contributed by atoms with Crippen LogP contribution in [0.2, 0.25) is 0 Å². The Labute approximate surface area is 118 Å². The van der Waals surface area contributed by atoms with Crippen molar-refractivity contribution in [1.29, 1.82) is 0 Å². The first-order chi connectivity index (χ1) is 5.34. The number of benzene rings is 1. The molecule has 0 radical (unpaired) electrons. The van der Waals surface area contributed by atoms with Gasteiger partial charge >= 0.3 is 51.4 Å². The van der Waals surface area contributed by atoms with Crippen molar-refractivity contribution in [3.8, 4) is 0 Å². The van der Waals surface area contributed by atoms with Crippen LogP contribution >= 0.6 is 0 Å². The van der Waals surface area contributed by atoms with Crippen LogP contribution in [-0.4, -0.2) is 62.2 Å². The second-order valence-electron chi connectivity index (χ2n) is 1.95. The predicted octanol–water partition coefficient (Wildman–Crippen LogP) is 1.10. The van der Waals surface area contributed by atoms with Gasteiger partial charge in [-0.3, -0.25) is 4.18 Å². The number of hydrogen-bond donors (Lipinski definition) is 0. The minimum absolute atomic E-state index is 0. The van der Waals surface area contributed by atoms with Crippen molar-refractivity contribution in [2.24, 2.45) is 0 Å². The average molecular weight is 210 g/mol. The molecule has 1 aromatic rings. The molecule has 0 aromatic heterocycles. The quantitative estimate of drug-likeness (QED) is 0.698. The van der Waals surface area contributed by atoms with Crippen molar-refractivity contribution in [3.63, 3.8) is 0 Å². The van der Waals surface area contributed by atoms with E-state index in [2.05, 4.69) is 0 Å². The molecule has 0 saturated carbocycles. The molecule has 0 bridgehead atoms. The molecule has 0 aliphatic rings. The van der Waals surface area contributed by atoms with Crippen LogP contribution in [0.15, 0.2) is 35.2 Å². The molecule has 0 fully saturated rings. The molecule has 1 aromatic carbocycles. The summed E-state index contributed by atoms with van der Waals surface area (Å²) in [4.78, 5) is 0.717. The fourth-order valence-electron chi connectivity index (χ4n) is 0.707. The Morgan fingerprint density at radius 3 is 2.42 bits per heavy atom. The van der Waals surface area contributed by atoms with Crippen molar-refractivity contribution in [3.05, 3.63) is 30.3 Å². The maximum absolute atomic E-state index is 11.1. The van der Waals surface area contributed by atoms with E-state index in [0.717, 1.165) is 0 Å². The summed E-state index contributed by atoms with van der Waals surface area (Å²) in [5.41, 5.74) is 0. The number of rotatable bonds is 3. The molecule has 0 saturated heterocycles. The Kier molecular flexibility index (Phi) is 7.97. The fourth-order valence-corrected chi connectivity index (χ4v) is 1.44. The first-order valence-electron chi connectivity index (χ1n) is 3.44. The molecule has 0 aliphatic carbocycles. The second kappa shape index (κ2) is 7.38. The van der Waals surface area contributed by atoms with E-state index >= 15 is 0 Å². The summed E-state index contributed by atoms with van der Waals surface area (Å²) in [6.07, 6.45) is 0. The molecule has 12 heavy (non-hydrogen) atoms. The molecule has 0 amide bonds. The van der Waals surface area contributed by atoms with Crippen molar-refractivity contribution in [2.45, 2.75) is 11.8 Å². The summed E-state index contributed by atoms with van der Waals surface area (Å²) < 4.78 is 16.0. The molecule has 2 nitrogen and oxygen atoms in total. The zero-order valence-corrected chi connectivity index (χ0v) is 7.14. The van der Waals surface area contributed by atoms with E-state index in [9.17, 15) is 4.21 Å². The summed E-state index contributed by atoms with van der Waals surface area (Å²) in [6.45, 7) is 2.29. The van der Waals surface area contributed by atoms with Gasteiger partial charge in [-0.05, 0) is 19.1 Å². The monoisotopic (exact) mass is 210 g/mol. The van der Waals surface area contributed by atoms with E-state index in [1.54, 1.807) is 12.1 Å². The predicted molar refractivity (Wildman–Crippen MR) is 51.6 cm³/mol. The van der Waals surface area contributed by atoms with Gasteiger partial charge in [-0.1, -0.05) is 18.2 Å². The van der Waals surface area contributed by atoms with Crippen molar-refractivity contribution in [1.82, 2.24) is 0 Å². The van der Waals surface area contributed by atoms with Gasteiger partial charge in [0.2, 0.25) is 0 Å². The molecule has 0 spiro atoms. The molecular weight excluding hydrogens is 199 g/mol. The molecule has 1 atom stereocenters. The Bertz CT molecular complexity index is 238. The van der Waals surface area contributed by atoms with Gasteiger partial charge in [0.05, 0.1) is 11.5 Å². The molecule has 1 unspecified atom stereocenters. The van der Waals surface area contributed by atoms with Gasteiger partial charge in [0.25, 0.3) is 0 Å². The third kappa shape index (κ3) is 4.27. The van der Waals surface area contributed by atoms with E-state index in [1.165, 1.54) is 0 Å². The molecule has 0 aliphatic heterocycles. The Balaban J connectivity index is 0.00000121. The summed E-state index contributed by atoms with van der Waals surface area (Å²) in [5, 5.41) is 0. The number of hydrogen-bond acceptors (Lipinski definition) is 2. The van der Waals surface area contributed by atoms with E-state index in [4.69, 9.17) is 4.18 Å². The van der Waals surface area contributed by atoms with Gasteiger partial charge in [0, 0.05) is 0 Å². The van der Waals surface area contributed by atoms with E-state index in [1.807, 2.05) is 25.1 Å². The van der Waals surface area contributed by atoms with Crippen LogP contribution in [-0.2, 0) is 15.3 Å². The zero-order chi connectivity index (χ0) is 8.10. The molecule has 1 rings (SSSR count). The van der Waals surface area contributed by atoms with Gasteiger partial charge < -0.3 is 0 Å². The molecule has 4 heteroatoms. The van der Waals surface area contributed by atoms with Gasteiger partial charge in [-0.15, -0.1) is 0 Å². The van der Waals surface area contributed by atoms with Gasteiger partial charge in [-0.2, -0.15) is 0 Å². The fraction of sp³-hybridized carbons (Fsp3) is 0.250. The van der Waals surface area contributed by atoms with E-state index in [-0.39, 0.29) is 51.4 Å². The van der Waals surface area contributed by atoms with Crippen LogP contribution in [0.1, 0.15) is 6.92 Å². The third-order valence-electron chi connectivity index (χ3n) is 1.16. The normalized spacial score (nSPS) is 11.8. The van der Waals surface area contributed by atoms with Crippen LogP contribution < -0.4 is 0 Å². The molecule has 0 N–H and O–H groups in total. The molecule has 62 valence electrons. The third-order valence-corrected chi connectivity index (χ3v) is 2.27. The Morgan fingerprint density at radius 2 is 1.92 bits per heavy atom. The van der Waals surface area contributed by atoms with E-state index in [0.29, 0.717) is 11.5 Å². The summed E-state index contributed by atoms with van der Waals surface area (Å²) >= 11 is -1.28. The summed E-state index contributed by atoms with van der Waals surface area (Å²) in [5.74, 6) is 0. The van der Waals surface area contributed by atoms with Gasteiger partial charge in [0.15, 0.2) is 11.1 Å². The topological polar surface area (TPSA) is 26.3 Å². The Hall–Kier alpha value is 0.966. The van der Waals surface area contributed by atoms with Crippen LogP contribution in [0.3, 0.4) is 0 Å². The van der Waals surface area contributed by atoms with Gasteiger partial charge in [0.1, 0.15) is 0 Å². The van der Waals surface area contributed by atoms with Crippen molar-refractivity contribution in [2.75, 3.05) is 6.61 Å². The van der Waals surface area contributed by atoms with Crippen LogP contribution in [0.25, 0.3) is 0 Å². The first-order valence-corrected chi connectivity index (χ1v) is 4.52. The summed E-state index contributed by atoms with van der Waals surface area (Å²) in [7, 11) is 0. The standard InChI is InChI=1S/C8H10O2S.K.H/c1-2-10-11(9)8-6-4-3-5-7-8;;/h3-7H,2H2,1H3;;. The minimum atomic E-state index is -1.28. The van der Waals surface area contributed by atoms with Crippen LogP contribution in [0.5, 0.6) is 0 Å². The van der Waals surface area contributed by atoms with Crippen LogP contribution in [0, 0.1) is 0 Å². The zero-order valence-electron chi connectivity index (χ0n) is 6.32. The summed E-state index contributed by atoms with van der Waals surface area (Å²) in [6, 6.07) is 9.13. The molecular formula is C8H11KO2S.